The normalized spacial score (nSPS) is 11.2. The van der Waals surface area contributed by atoms with Gasteiger partial charge in [0.15, 0.2) is 0 Å². The minimum Gasteiger partial charge on any atom is -0.371 e. The van der Waals surface area contributed by atoms with Crippen LogP contribution in [0.3, 0.4) is 0 Å². The van der Waals surface area contributed by atoms with Gasteiger partial charge in [0.1, 0.15) is 10.7 Å². The van der Waals surface area contributed by atoms with Gasteiger partial charge in [-0.15, -0.1) is 0 Å². The Balaban J connectivity index is 2.47. The summed E-state index contributed by atoms with van der Waals surface area (Å²) in [6.45, 7) is 1.60. The standard InChI is InChI=1S/C13H9ClFNO5S/c1-8-2-4-12(11(6-8)16(17)18)21-22(19,20)13-5-3-9(14)7-10(13)15/h2-7H,1H3. The number of hydrogen-bond acceptors (Lipinski definition) is 5. The monoisotopic (exact) mass is 345 g/mol. The highest BCUT2D eigenvalue weighted by atomic mass is 35.5. The third kappa shape index (κ3) is 3.34. The van der Waals surface area contributed by atoms with E-state index in [-0.39, 0.29) is 5.02 Å². The van der Waals surface area contributed by atoms with Crippen LogP contribution >= 0.6 is 11.6 Å². The molecule has 0 fully saturated rings. The molecule has 0 aromatic heterocycles. The summed E-state index contributed by atoms with van der Waals surface area (Å²) in [5.74, 6) is -1.60. The molecule has 6 nitrogen and oxygen atoms in total. The van der Waals surface area contributed by atoms with Crippen LogP contribution in [0, 0.1) is 22.9 Å². The minimum absolute atomic E-state index is 0.0118. The van der Waals surface area contributed by atoms with Crippen LogP contribution in [-0.4, -0.2) is 13.3 Å². The lowest BCUT2D eigenvalue weighted by Gasteiger charge is -2.08. The van der Waals surface area contributed by atoms with E-state index >= 15 is 0 Å². The Morgan fingerprint density at radius 3 is 2.50 bits per heavy atom. The highest BCUT2D eigenvalue weighted by Gasteiger charge is 2.26. The van der Waals surface area contributed by atoms with Crippen molar-refractivity contribution in [2.45, 2.75) is 11.8 Å². The average Bonchev–Trinajstić information content (AvgIpc) is 2.39. The lowest BCUT2D eigenvalue weighted by molar-refractivity contribution is -0.385. The Morgan fingerprint density at radius 1 is 1.23 bits per heavy atom. The first-order valence-corrected chi connectivity index (χ1v) is 7.64. The zero-order valence-corrected chi connectivity index (χ0v) is 12.7. The minimum atomic E-state index is -4.57. The summed E-state index contributed by atoms with van der Waals surface area (Å²) >= 11 is 5.55. The van der Waals surface area contributed by atoms with Crippen molar-refractivity contribution in [3.63, 3.8) is 0 Å². The van der Waals surface area contributed by atoms with Gasteiger partial charge in [-0.1, -0.05) is 17.7 Å². The fourth-order valence-electron chi connectivity index (χ4n) is 1.68. The van der Waals surface area contributed by atoms with Crippen LogP contribution in [0.2, 0.25) is 5.02 Å². The molecule has 0 N–H and O–H groups in total. The Bertz CT molecular complexity index is 854. The Morgan fingerprint density at radius 2 is 1.91 bits per heavy atom. The predicted molar refractivity (Wildman–Crippen MR) is 77.1 cm³/mol. The summed E-state index contributed by atoms with van der Waals surface area (Å²) in [5, 5.41) is 11.0. The molecule has 0 saturated heterocycles. The average molecular weight is 346 g/mol. The van der Waals surface area contributed by atoms with Crippen molar-refractivity contribution >= 4 is 27.4 Å². The van der Waals surface area contributed by atoms with Crippen LogP contribution in [-0.2, 0) is 10.1 Å². The molecule has 0 aliphatic heterocycles. The van der Waals surface area contributed by atoms with Crippen molar-refractivity contribution in [1.29, 1.82) is 0 Å². The van der Waals surface area contributed by atoms with Gasteiger partial charge in [-0.25, -0.2) is 4.39 Å². The maximum absolute atomic E-state index is 13.7. The first-order valence-electron chi connectivity index (χ1n) is 5.85. The molecule has 0 saturated carbocycles. The van der Waals surface area contributed by atoms with Crippen molar-refractivity contribution in [3.8, 4) is 5.75 Å². The van der Waals surface area contributed by atoms with E-state index in [4.69, 9.17) is 15.8 Å². The molecular weight excluding hydrogens is 337 g/mol. The van der Waals surface area contributed by atoms with Crippen LogP contribution in [0.4, 0.5) is 10.1 Å². The zero-order valence-electron chi connectivity index (χ0n) is 11.1. The number of halogens is 2. The first-order chi connectivity index (χ1) is 10.2. The van der Waals surface area contributed by atoms with Gasteiger partial charge in [-0.3, -0.25) is 10.1 Å². The Hall–Kier alpha value is -2.19. The maximum atomic E-state index is 13.7. The predicted octanol–water partition coefficient (Wildman–Crippen LogP) is 3.46. The van der Waals surface area contributed by atoms with Gasteiger partial charge in [-0.05, 0) is 36.8 Å². The quantitative estimate of drug-likeness (QED) is 0.481. The molecule has 116 valence electrons. The molecule has 2 rings (SSSR count). The van der Waals surface area contributed by atoms with Crippen molar-refractivity contribution in [2.75, 3.05) is 0 Å². The SMILES string of the molecule is Cc1ccc(OS(=O)(=O)c2ccc(Cl)cc2F)c([N+](=O)[O-])c1. The van der Waals surface area contributed by atoms with E-state index in [1.54, 1.807) is 6.92 Å². The third-order valence-electron chi connectivity index (χ3n) is 2.67. The molecule has 0 atom stereocenters. The number of nitrogens with zero attached hydrogens (tertiary/aromatic N) is 1. The number of rotatable bonds is 4. The molecule has 2 aromatic carbocycles. The van der Waals surface area contributed by atoms with Crippen molar-refractivity contribution in [2.24, 2.45) is 0 Å². The van der Waals surface area contributed by atoms with E-state index in [0.717, 1.165) is 24.3 Å². The topological polar surface area (TPSA) is 86.5 Å². The lowest BCUT2D eigenvalue weighted by Crippen LogP contribution is -2.12. The lowest BCUT2D eigenvalue weighted by atomic mass is 10.2. The highest BCUT2D eigenvalue weighted by molar-refractivity contribution is 7.87. The van der Waals surface area contributed by atoms with Gasteiger partial charge in [0.25, 0.3) is 0 Å². The molecule has 0 heterocycles. The van der Waals surface area contributed by atoms with E-state index in [9.17, 15) is 22.9 Å². The number of aryl methyl sites for hydroxylation is 1. The van der Waals surface area contributed by atoms with E-state index in [2.05, 4.69) is 0 Å². The van der Waals surface area contributed by atoms with E-state index < -0.39 is 37.2 Å². The smallest absolute Gasteiger partial charge is 0.342 e. The molecule has 2 aromatic rings. The van der Waals surface area contributed by atoms with Gasteiger partial charge in [0.05, 0.1) is 4.92 Å². The van der Waals surface area contributed by atoms with E-state index in [1.807, 2.05) is 0 Å². The molecule has 0 spiro atoms. The fourth-order valence-corrected chi connectivity index (χ4v) is 2.84. The van der Waals surface area contributed by atoms with Gasteiger partial charge in [0.2, 0.25) is 5.75 Å². The van der Waals surface area contributed by atoms with Crippen LogP contribution in [0.15, 0.2) is 41.3 Å². The molecule has 0 bridgehead atoms. The fraction of sp³-hybridized carbons (Fsp3) is 0.0769. The first kappa shape index (κ1) is 16.2. The Labute approximate surface area is 130 Å². The van der Waals surface area contributed by atoms with Crippen LogP contribution in [0.1, 0.15) is 5.56 Å². The number of benzene rings is 2. The summed E-state index contributed by atoms with van der Waals surface area (Å²) in [4.78, 5) is 9.41. The van der Waals surface area contributed by atoms with Crippen LogP contribution < -0.4 is 4.18 Å². The largest absolute Gasteiger partial charge is 0.371 e. The van der Waals surface area contributed by atoms with Gasteiger partial charge in [-0.2, -0.15) is 8.42 Å². The van der Waals surface area contributed by atoms with Crippen LogP contribution in [0.5, 0.6) is 5.75 Å². The molecule has 0 radical (unpaired) electrons. The molecule has 0 aliphatic carbocycles. The van der Waals surface area contributed by atoms with E-state index in [0.29, 0.717) is 5.56 Å². The van der Waals surface area contributed by atoms with Crippen LogP contribution in [0.25, 0.3) is 0 Å². The zero-order chi connectivity index (χ0) is 16.5. The number of nitro benzene ring substituents is 1. The molecule has 9 heteroatoms. The Kier molecular flexibility index (Phi) is 4.34. The second-order valence-corrected chi connectivity index (χ2v) is 6.29. The van der Waals surface area contributed by atoms with E-state index in [1.165, 1.54) is 12.1 Å². The summed E-state index contributed by atoms with van der Waals surface area (Å²) < 4.78 is 42.5. The number of hydrogen-bond donors (Lipinski definition) is 0. The summed E-state index contributed by atoms with van der Waals surface area (Å²) in [6.07, 6.45) is 0. The maximum Gasteiger partial charge on any atom is 0.342 e. The number of nitro groups is 1. The van der Waals surface area contributed by atoms with Crippen molar-refractivity contribution in [1.82, 2.24) is 0 Å². The molecule has 0 amide bonds. The molecule has 0 unspecified atom stereocenters. The van der Waals surface area contributed by atoms with Gasteiger partial charge in [0, 0.05) is 11.1 Å². The van der Waals surface area contributed by atoms with Crippen molar-refractivity contribution in [3.05, 3.63) is 62.9 Å². The van der Waals surface area contributed by atoms with Crippen molar-refractivity contribution < 1.29 is 21.9 Å². The summed E-state index contributed by atoms with van der Waals surface area (Å²) in [6, 6.07) is 6.64. The summed E-state index contributed by atoms with van der Waals surface area (Å²) in [7, 11) is -4.57. The molecular formula is C13H9ClFNO5S. The summed E-state index contributed by atoms with van der Waals surface area (Å²) in [5.41, 5.74) is 0.0204. The second kappa shape index (κ2) is 5.90. The second-order valence-electron chi connectivity index (χ2n) is 4.34. The highest BCUT2D eigenvalue weighted by Crippen LogP contribution is 2.31. The third-order valence-corrected chi connectivity index (χ3v) is 4.18. The van der Waals surface area contributed by atoms with Gasteiger partial charge < -0.3 is 4.18 Å². The molecule has 0 aliphatic rings. The molecule has 22 heavy (non-hydrogen) atoms. The van der Waals surface area contributed by atoms with Gasteiger partial charge >= 0.3 is 15.8 Å².